The minimum atomic E-state index is -4.82. The molecule has 2 aromatic rings. The number of esters is 1. The summed E-state index contributed by atoms with van der Waals surface area (Å²) in [7, 11) is 0. The van der Waals surface area contributed by atoms with Gasteiger partial charge in [-0.1, -0.05) is 0 Å². The van der Waals surface area contributed by atoms with Gasteiger partial charge in [-0.25, -0.2) is 0 Å². The Balaban J connectivity index is 1.40. The number of amides is 1. The summed E-state index contributed by atoms with van der Waals surface area (Å²) >= 11 is 0. The number of fused-ring (bicyclic) bond motifs is 1. The van der Waals surface area contributed by atoms with Gasteiger partial charge in [-0.15, -0.1) is 13.2 Å². The van der Waals surface area contributed by atoms with E-state index in [4.69, 9.17) is 14.2 Å². The number of anilines is 1. The van der Waals surface area contributed by atoms with E-state index in [9.17, 15) is 27.6 Å². The summed E-state index contributed by atoms with van der Waals surface area (Å²) in [6, 6.07) is 9.18. The molecule has 0 bridgehead atoms. The molecule has 11 heteroatoms. The van der Waals surface area contributed by atoms with E-state index in [1.807, 2.05) is 0 Å². The van der Waals surface area contributed by atoms with Gasteiger partial charge in [0.1, 0.15) is 19.0 Å². The summed E-state index contributed by atoms with van der Waals surface area (Å²) in [5, 5.41) is 2.36. The number of alkyl halides is 3. The number of carbonyl (C=O) groups excluding carboxylic acids is 3. The van der Waals surface area contributed by atoms with Crippen LogP contribution in [0.2, 0.25) is 0 Å². The lowest BCUT2D eigenvalue weighted by molar-refractivity contribution is -0.274. The van der Waals surface area contributed by atoms with Crippen LogP contribution >= 0.6 is 0 Å². The molecule has 3 rings (SSSR count). The second-order valence-electron chi connectivity index (χ2n) is 6.56. The first kappa shape index (κ1) is 22.9. The Morgan fingerprint density at radius 3 is 2.31 bits per heavy atom. The number of hydrogen-bond donors (Lipinski definition) is 1. The molecular weight excluding hydrogens is 435 g/mol. The highest BCUT2D eigenvalue weighted by molar-refractivity contribution is 5.98. The fourth-order valence-corrected chi connectivity index (χ4v) is 2.73. The van der Waals surface area contributed by atoms with Crippen molar-refractivity contribution in [2.24, 2.45) is 0 Å². The van der Waals surface area contributed by atoms with E-state index in [1.165, 1.54) is 12.1 Å². The lowest BCUT2D eigenvalue weighted by Crippen LogP contribution is -2.21. The Kier molecular flexibility index (Phi) is 7.18. The molecule has 0 aromatic heterocycles. The van der Waals surface area contributed by atoms with Gasteiger partial charge in [0.2, 0.25) is 0 Å². The summed E-state index contributed by atoms with van der Waals surface area (Å²) in [5.41, 5.74) is 0.548. The molecule has 1 N–H and O–H groups in total. The highest BCUT2D eigenvalue weighted by Gasteiger charge is 2.31. The van der Waals surface area contributed by atoms with Gasteiger partial charge < -0.3 is 24.3 Å². The van der Waals surface area contributed by atoms with E-state index >= 15 is 0 Å². The Morgan fingerprint density at radius 2 is 1.62 bits per heavy atom. The lowest BCUT2D eigenvalue weighted by atomic mass is 10.1. The minimum absolute atomic E-state index is 0.124. The van der Waals surface area contributed by atoms with Crippen LogP contribution in [0.4, 0.5) is 18.9 Å². The monoisotopic (exact) mass is 453 g/mol. The topological polar surface area (TPSA) is 100 Å². The number of ketones is 1. The van der Waals surface area contributed by atoms with Crippen molar-refractivity contribution in [1.82, 2.24) is 0 Å². The highest BCUT2D eigenvalue weighted by Crippen LogP contribution is 2.31. The first-order chi connectivity index (χ1) is 15.2. The SMILES string of the molecule is O=C(COC(=O)CCC(=O)c1ccc2c(c1)OCCO2)Nc1ccc(OC(F)(F)F)cc1. The molecule has 32 heavy (non-hydrogen) atoms. The van der Waals surface area contributed by atoms with Crippen LogP contribution in [0.15, 0.2) is 42.5 Å². The van der Waals surface area contributed by atoms with Gasteiger partial charge in [0.15, 0.2) is 23.9 Å². The molecule has 0 radical (unpaired) electrons. The Morgan fingerprint density at radius 1 is 0.938 bits per heavy atom. The number of benzene rings is 2. The van der Waals surface area contributed by atoms with Crippen molar-refractivity contribution in [2.45, 2.75) is 19.2 Å². The van der Waals surface area contributed by atoms with Gasteiger partial charge in [0.05, 0.1) is 6.42 Å². The Labute approximate surface area is 180 Å². The standard InChI is InChI=1S/C21H18F3NO7/c22-21(23,24)32-15-4-2-14(3-5-15)25-19(27)12-31-20(28)8-6-16(26)13-1-7-17-18(11-13)30-10-9-29-17/h1-5,7,11H,6,8-10,12H2,(H,25,27). The predicted molar refractivity (Wildman–Crippen MR) is 104 cm³/mol. The molecule has 1 amide bonds. The zero-order valence-electron chi connectivity index (χ0n) is 16.6. The third kappa shape index (κ3) is 6.89. The largest absolute Gasteiger partial charge is 0.573 e. The molecule has 170 valence electrons. The summed E-state index contributed by atoms with van der Waals surface area (Å²) in [5.74, 6) is -1.18. The van der Waals surface area contributed by atoms with Gasteiger partial charge in [-0.3, -0.25) is 14.4 Å². The van der Waals surface area contributed by atoms with Crippen molar-refractivity contribution in [1.29, 1.82) is 0 Å². The second kappa shape index (κ2) is 10.0. The molecule has 0 unspecified atom stereocenters. The van der Waals surface area contributed by atoms with E-state index in [1.54, 1.807) is 18.2 Å². The van der Waals surface area contributed by atoms with Crippen LogP contribution in [0.1, 0.15) is 23.2 Å². The maximum atomic E-state index is 12.3. The van der Waals surface area contributed by atoms with Crippen molar-refractivity contribution in [3.63, 3.8) is 0 Å². The molecule has 1 aliphatic heterocycles. The normalized spacial score (nSPS) is 12.6. The number of carbonyl (C=O) groups is 3. The summed E-state index contributed by atoms with van der Waals surface area (Å²) in [6.07, 6.45) is -5.17. The third-order valence-electron chi connectivity index (χ3n) is 4.16. The summed E-state index contributed by atoms with van der Waals surface area (Å²) in [4.78, 5) is 35.9. The maximum absolute atomic E-state index is 12.3. The van der Waals surface area contributed by atoms with Crippen molar-refractivity contribution in [3.05, 3.63) is 48.0 Å². The van der Waals surface area contributed by atoms with Crippen LogP contribution in [-0.4, -0.2) is 43.8 Å². The fourth-order valence-electron chi connectivity index (χ4n) is 2.73. The van der Waals surface area contributed by atoms with Crippen LogP contribution in [-0.2, 0) is 14.3 Å². The van der Waals surface area contributed by atoms with Gasteiger partial charge in [-0.05, 0) is 42.5 Å². The third-order valence-corrected chi connectivity index (χ3v) is 4.16. The van der Waals surface area contributed by atoms with Crippen LogP contribution in [0, 0.1) is 0 Å². The van der Waals surface area contributed by atoms with Crippen molar-refractivity contribution >= 4 is 23.3 Å². The van der Waals surface area contributed by atoms with Crippen LogP contribution in [0.25, 0.3) is 0 Å². The first-order valence-electron chi connectivity index (χ1n) is 9.44. The Hall–Kier alpha value is -3.76. The van der Waals surface area contributed by atoms with Gasteiger partial charge >= 0.3 is 12.3 Å². The fraction of sp³-hybridized carbons (Fsp3) is 0.286. The van der Waals surface area contributed by atoms with Gasteiger partial charge in [0.25, 0.3) is 5.91 Å². The smallest absolute Gasteiger partial charge is 0.486 e. The first-order valence-corrected chi connectivity index (χ1v) is 9.44. The number of nitrogens with one attached hydrogen (secondary N) is 1. The molecule has 0 saturated carbocycles. The quantitative estimate of drug-likeness (QED) is 0.482. The van der Waals surface area contributed by atoms with Gasteiger partial charge in [-0.2, -0.15) is 0 Å². The van der Waals surface area contributed by atoms with E-state index < -0.39 is 30.6 Å². The number of rotatable bonds is 8. The number of ether oxygens (including phenoxy) is 4. The molecule has 0 fully saturated rings. The van der Waals surface area contributed by atoms with Gasteiger partial charge in [0, 0.05) is 17.7 Å². The molecule has 0 aliphatic carbocycles. The molecule has 1 aliphatic rings. The average Bonchev–Trinajstić information content (AvgIpc) is 2.76. The number of halogens is 3. The number of Topliss-reactive ketones (excluding diaryl/α,β-unsaturated/α-hetero) is 1. The van der Waals surface area contributed by atoms with E-state index in [0.717, 1.165) is 12.1 Å². The second-order valence-corrected chi connectivity index (χ2v) is 6.56. The molecule has 8 nitrogen and oxygen atoms in total. The minimum Gasteiger partial charge on any atom is -0.486 e. The van der Waals surface area contributed by atoms with Crippen LogP contribution in [0.3, 0.4) is 0 Å². The van der Waals surface area contributed by atoms with E-state index in [2.05, 4.69) is 10.1 Å². The molecule has 1 heterocycles. The molecule has 0 atom stereocenters. The van der Waals surface area contributed by atoms with Crippen LogP contribution in [0.5, 0.6) is 17.2 Å². The van der Waals surface area contributed by atoms with Crippen LogP contribution < -0.4 is 19.5 Å². The highest BCUT2D eigenvalue weighted by atomic mass is 19.4. The predicted octanol–water partition coefficient (Wildman–Crippen LogP) is 3.50. The Bertz CT molecular complexity index is 990. The van der Waals surface area contributed by atoms with Crippen molar-refractivity contribution in [2.75, 3.05) is 25.1 Å². The van der Waals surface area contributed by atoms with E-state index in [0.29, 0.717) is 30.3 Å². The molecule has 0 spiro atoms. The summed E-state index contributed by atoms with van der Waals surface area (Å²) in [6.45, 7) is 0.194. The van der Waals surface area contributed by atoms with Crippen molar-refractivity contribution < 1.29 is 46.5 Å². The maximum Gasteiger partial charge on any atom is 0.573 e. The summed E-state index contributed by atoms with van der Waals surface area (Å²) < 4.78 is 55.7. The average molecular weight is 453 g/mol. The van der Waals surface area contributed by atoms with Crippen molar-refractivity contribution in [3.8, 4) is 17.2 Å². The lowest BCUT2D eigenvalue weighted by Gasteiger charge is -2.18. The molecule has 2 aromatic carbocycles. The van der Waals surface area contributed by atoms with E-state index in [-0.39, 0.29) is 24.3 Å². The molecular formula is C21H18F3NO7. The number of hydrogen-bond acceptors (Lipinski definition) is 7. The zero-order chi connectivity index (χ0) is 23.1. The molecule has 0 saturated heterocycles. The zero-order valence-corrected chi connectivity index (χ0v) is 16.6.